The van der Waals surface area contributed by atoms with E-state index in [4.69, 9.17) is 11.1 Å². The lowest BCUT2D eigenvalue weighted by molar-refractivity contribution is 0.389. The molecule has 6 heteroatoms. The van der Waals surface area contributed by atoms with E-state index >= 15 is 0 Å². The van der Waals surface area contributed by atoms with Gasteiger partial charge in [0, 0.05) is 6.04 Å². The molecule has 0 saturated heterocycles. The number of amidine groups is 1. The summed E-state index contributed by atoms with van der Waals surface area (Å²) in [6.07, 6.45) is 0. The zero-order valence-electron chi connectivity index (χ0n) is 10.8. The zero-order valence-corrected chi connectivity index (χ0v) is 11.7. The van der Waals surface area contributed by atoms with Crippen LogP contribution >= 0.6 is 0 Å². The van der Waals surface area contributed by atoms with Gasteiger partial charge in [0.15, 0.2) is 0 Å². The van der Waals surface area contributed by atoms with Gasteiger partial charge in [-0.05, 0) is 32.9 Å². The van der Waals surface area contributed by atoms with Gasteiger partial charge in [0.2, 0.25) is 10.0 Å². The van der Waals surface area contributed by atoms with Crippen molar-refractivity contribution in [3.05, 3.63) is 29.8 Å². The Hall–Kier alpha value is -1.40. The zero-order chi connectivity index (χ0) is 13.9. The topological polar surface area (TPSA) is 87.2 Å². The van der Waals surface area contributed by atoms with Crippen LogP contribution in [0.1, 0.15) is 19.4 Å². The van der Waals surface area contributed by atoms with Crippen molar-refractivity contribution < 1.29 is 8.42 Å². The number of benzene rings is 1. The van der Waals surface area contributed by atoms with Gasteiger partial charge in [-0.25, -0.2) is 8.42 Å². The lowest BCUT2D eigenvalue weighted by Gasteiger charge is -2.25. The van der Waals surface area contributed by atoms with Gasteiger partial charge in [-0.15, -0.1) is 0 Å². The van der Waals surface area contributed by atoms with Crippen LogP contribution in [0.2, 0.25) is 0 Å². The van der Waals surface area contributed by atoms with Crippen LogP contribution in [-0.2, 0) is 10.0 Å². The number of nitrogens with two attached hydrogens (primary N) is 1. The molecule has 100 valence electrons. The number of hydrogen-bond donors (Lipinski definition) is 2. The Balaban J connectivity index is 3.16. The van der Waals surface area contributed by atoms with E-state index in [0.717, 1.165) is 5.56 Å². The molecular weight excluding hydrogens is 250 g/mol. The molecule has 5 nitrogen and oxygen atoms in total. The van der Waals surface area contributed by atoms with E-state index in [1.54, 1.807) is 38.1 Å². The van der Waals surface area contributed by atoms with Gasteiger partial charge >= 0.3 is 0 Å². The van der Waals surface area contributed by atoms with E-state index in [1.165, 1.54) is 4.31 Å². The number of nitrogens with one attached hydrogen (secondary N) is 1. The van der Waals surface area contributed by atoms with Crippen molar-refractivity contribution >= 4 is 15.9 Å². The number of sulfonamides is 1. The van der Waals surface area contributed by atoms with E-state index in [1.807, 2.05) is 6.92 Å². The van der Waals surface area contributed by atoms with Crippen LogP contribution in [0.5, 0.6) is 0 Å². The average molecular weight is 269 g/mol. The Morgan fingerprint density at radius 2 is 1.83 bits per heavy atom. The maximum absolute atomic E-state index is 12.4. The van der Waals surface area contributed by atoms with E-state index in [9.17, 15) is 8.42 Å². The second kappa shape index (κ2) is 5.49. The highest BCUT2D eigenvalue weighted by Gasteiger charge is 2.27. The van der Waals surface area contributed by atoms with E-state index < -0.39 is 10.0 Å². The van der Waals surface area contributed by atoms with Gasteiger partial charge in [-0.3, -0.25) is 5.41 Å². The smallest absolute Gasteiger partial charge is 0.243 e. The molecule has 0 heterocycles. The molecule has 0 aliphatic carbocycles. The van der Waals surface area contributed by atoms with Gasteiger partial charge in [-0.2, -0.15) is 4.31 Å². The summed E-state index contributed by atoms with van der Waals surface area (Å²) in [6.45, 7) is 5.32. The largest absolute Gasteiger partial charge is 0.387 e. The molecule has 0 atom stereocenters. The van der Waals surface area contributed by atoms with Crippen molar-refractivity contribution in [3.8, 4) is 0 Å². The Kier molecular flexibility index (Phi) is 4.48. The van der Waals surface area contributed by atoms with Crippen LogP contribution in [-0.4, -0.2) is 31.1 Å². The molecule has 0 aromatic heterocycles. The van der Waals surface area contributed by atoms with Crippen LogP contribution in [0.4, 0.5) is 0 Å². The van der Waals surface area contributed by atoms with Crippen LogP contribution < -0.4 is 5.73 Å². The molecule has 18 heavy (non-hydrogen) atoms. The molecule has 0 bridgehead atoms. The fourth-order valence-electron chi connectivity index (χ4n) is 1.56. The second-order valence-corrected chi connectivity index (χ2v) is 6.37. The minimum absolute atomic E-state index is 0.0894. The molecule has 0 aliphatic rings. The van der Waals surface area contributed by atoms with E-state index in [-0.39, 0.29) is 23.3 Å². The molecular formula is C12H19N3O2S. The summed E-state index contributed by atoms with van der Waals surface area (Å²) in [5.41, 5.74) is 6.30. The van der Waals surface area contributed by atoms with E-state index in [0.29, 0.717) is 0 Å². The third-order valence-electron chi connectivity index (χ3n) is 2.53. The normalized spacial score (nSPS) is 12.1. The standard InChI is InChI=1S/C12H19N3O2S/c1-9(2)15(8-12(13)14)18(16,17)11-6-4-10(3)5-7-11/h4-7,9H,8H2,1-3H3,(H3,13,14). The Labute approximate surface area is 108 Å². The number of hydrogen-bond acceptors (Lipinski definition) is 3. The summed E-state index contributed by atoms with van der Waals surface area (Å²) >= 11 is 0. The SMILES string of the molecule is Cc1ccc(S(=O)(=O)N(CC(=N)N)C(C)C)cc1. The molecule has 0 saturated carbocycles. The van der Waals surface area contributed by atoms with E-state index in [2.05, 4.69) is 0 Å². The third-order valence-corrected chi connectivity index (χ3v) is 4.57. The first-order chi connectivity index (χ1) is 8.25. The molecule has 0 unspecified atom stereocenters. The highest BCUT2D eigenvalue weighted by molar-refractivity contribution is 7.89. The van der Waals surface area contributed by atoms with Gasteiger partial charge in [0.25, 0.3) is 0 Å². The molecule has 0 spiro atoms. The van der Waals surface area contributed by atoms with Gasteiger partial charge in [0.1, 0.15) is 5.84 Å². The summed E-state index contributed by atoms with van der Waals surface area (Å²) in [5, 5.41) is 7.27. The van der Waals surface area contributed by atoms with Crippen molar-refractivity contribution in [1.82, 2.24) is 4.31 Å². The fraction of sp³-hybridized carbons (Fsp3) is 0.417. The fourth-order valence-corrected chi connectivity index (χ4v) is 3.17. The molecule has 0 amide bonds. The second-order valence-electron chi connectivity index (χ2n) is 4.48. The Morgan fingerprint density at radius 3 is 2.22 bits per heavy atom. The molecule has 1 aromatic rings. The summed E-state index contributed by atoms with van der Waals surface area (Å²) in [7, 11) is -3.60. The van der Waals surface area contributed by atoms with Crippen LogP contribution in [0.3, 0.4) is 0 Å². The number of aryl methyl sites for hydroxylation is 1. The van der Waals surface area contributed by atoms with Crippen LogP contribution in [0, 0.1) is 12.3 Å². The first-order valence-electron chi connectivity index (χ1n) is 5.66. The first-order valence-corrected chi connectivity index (χ1v) is 7.10. The maximum Gasteiger partial charge on any atom is 0.243 e. The molecule has 0 fully saturated rings. The predicted octanol–water partition coefficient (Wildman–Crippen LogP) is 1.33. The maximum atomic E-state index is 12.4. The molecule has 0 radical (unpaired) electrons. The molecule has 3 N–H and O–H groups in total. The lowest BCUT2D eigenvalue weighted by atomic mass is 10.2. The first kappa shape index (κ1) is 14.7. The highest BCUT2D eigenvalue weighted by Crippen LogP contribution is 2.18. The molecule has 1 aromatic carbocycles. The van der Waals surface area contributed by atoms with Gasteiger partial charge in [0.05, 0.1) is 11.4 Å². The molecule has 0 aliphatic heterocycles. The highest BCUT2D eigenvalue weighted by atomic mass is 32.2. The molecule has 1 rings (SSSR count). The van der Waals surface area contributed by atoms with Crippen molar-refractivity contribution in [2.75, 3.05) is 6.54 Å². The third kappa shape index (κ3) is 3.30. The summed E-state index contributed by atoms with van der Waals surface area (Å²) in [4.78, 5) is 0.225. The van der Waals surface area contributed by atoms with Crippen molar-refractivity contribution in [2.45, 2.75) is 31.7 Å². The quantitative estimate of drug-likeness (QED) is 0.624. The summed E-state index contributed by atoms with van der Waals surface area (Å²) in [6, 6.07) is 6.39. The Bertz CT molecular complexity index is 521. The number of rotatable bonds is 5. The summed E-state index contributed by atoms with van der Waals surface area (Å²) in [5.74, 6) is -0.167. The lowest BCUT2D eigenvalue weighted by Crippen LogP contribution is -2.42. The minimum atomic E-state index is -3.60. The predicted molar refractivity (Wildman–Crippen MR) is 72.1 cm³/mol. The minimum Gasteiger partial charge on any atom is -0.387 e. The van der Waals surface area contributed by atoms with Crippen molar-refractivity contribution in [2.24, 2.45) is 5.73 Å². The Morgan fingerprint density at radius 1 is 1.33 bits per heavy atom. The van der Waals surface area contributed by atoms with Crippen LogP contribution in [0.15, 0.2) is 29.2 Å². The number of nitrogens with zero attached hydrogens (tertiary/aromatic N) is 1. The van der Waals surface area contributed by atoms with Crippen molar-refractivity contribution in [3.63, 3.8) is 0 Å². The van der Waals surface area contributed by atoms with Crippen molar-refractivity contribution in [1.29, 1.82) is 5.41 Å². The monoisotopic (exact) mass is 269 g/mol. The van der Waals surface area contributed by atoms with Gasteiger partial charge < -0.3 is 5.73 Å². The average Bonchev–Trinajstić information content (AvgIpc) is 2.25. The van der Waals surface area contributed by atoms with Gasteiger partial charge in [-0.1, -0.05) is 17.7 Å². The van der Waals surface area contributed by atoms with Crippen LogP contribution in [0.25, 0.3) is 0 Å². The summed E-state index contributed by atoms with van der Waals surface area (Å²) < 4.78 is 26.0.